The van der Waals surface area contributed by atoms with Crippen LogP contribution in [0.3, 0.4) is 0 Å². The first kappa shape index (κ1) is 13.5. The van der Waals surface area contributed by atoms with Crippen molar-refractivity contribution in [3.63, 3.8) is 0 Å². The van der Waals surface area contributed by atoms with Gasteiger partial charge in [-0.3, -0.25) is 0 Å². The van der Waals surface area contributed by atoms with Crippen LogP contribution in [0.1, 0.15) is 82.9 Å². The van der Waals surface area contributed by atoms with Gasteiger partial charge in [0.25, 0.3) is 0 Å². The summed E-state index contributed by atoms with van der Waals surface area (Å²) in [6, 6.07) is 0. The molecule has 0 aliphatic heterocycles. The third-order valence-corrected chi connectivity index (χ3v) is 4.23. The minimum Gasteiger partial charge on any atom is -0.177 e. The number of hydrogen-bond donors (Lipinski definition) is 1. The van der Waals surface area contributed by atoms with Crippen LogP contribution in [0.5, 0.6) is 0 Å². The van der Waals surface area contributed by atoms with Crippen LogP contribution in [0.4, 0.5) is 0 Å². The molecule has 2 rings (SSSR count). The topological polar surface area (TPSA) is 54.5 Å². The van der Waals surface area contributed by atoms with Gasteiger partial charge in [-0.15, -0.1) is 10.2 Å². The molecule has 1 aliphatic carbocycles. The summed E-state index contributed by atoms with van der Waals surface area (Å²) in [5.41, 5.74) is 0. The maximum Gasteiger partial charge on any atom is 0.177 e. The summed E-state index contributed by atoms with van der Waals surface area (Å²) in [6.07, 6.45) is 13.4. The molecule has 0 spiro atoms. The van der Waals surface area contributed by atoms with Crippen LogP contribution in [0.2, 0.25) is 0 Å². The monoisotopic (exact) mass is 250 g/mol. The number of hydrogen-bond acceptors (Lipinski definition) is 3. The number of nitrogens with one attached hydrogen (secondary N) is 1. The van der Waals surface area contributed by atoms with Crippen molar-refractivity contribution in [3.05, 3.63) is 5.82 Å². The fraction of sp³-hybridized carbons (Fsp3) is 0.929. The second-order valence-electron chi connectivity index (χ2n) is 5.85. The molecule has 0 bridgehead atoms. The summed E-state index contributed by atoms with van der Waals surface area (Å²) >= 11 is 0. The summed E-state index contributed by atoms with van der Waals surface area (Å²) in [6.45, 7) is 2.41. The van der Waals surface area contributed by atoms with E-state index in [1.807, 2.05) is 0 Å². The van der Waals surface area contributed by atoms with Gasteiger partial charge in [0.05, 0.1) is 0 Å². The lowest BCUT2D eigenvalue weighted by Gasteiger charge is -2.16. The largest absolute Gasteiger partial charge is 0.177 e. The van der Waals surface area contributed by atoms with Gasteiger partial charge in [-0.05, 0) is 18.8 Å². The molecule has 1 heterocycles. The minimum absolute atomic E-state index is 0.526. The average Bonchev–Trinajstić information content (AvgIpc) is 2.87. The van der Waals surface area contributed by atoms with Crippen LogP contribution < -0.4 is 0 Å². The first-order chi connectivity index (χ1) is 8.86. The van der Waals surface area contributed by atoms with Crippen LogP contribution in [0, 0.1) is 5.92 Å². The van der Waals surface area contributed by atoms with Crippen molar-refractivity contribution in [2.75, 3.05) is 0 Å². The van der Waals surface area contributed by atoms with Crippen molar-refractivity contribution in [3.8, 4) is 0 Å². The molecule has 4 nitrogen and oxygen atoms in total. The Morgan fingerprint density at radius 2 is 1.50 bits per heavy atom. The van der Waals surface area contributed by atoms with Crippen molar-refractivity contribution in [2.45, 2.75) is 77.0 Å². The smallest absolute Gasteiger partial charge is 0.177 e. The Morgan fingerprint density at radius 1 is 0.889 bits per heavy atom. The number of nitrogens with zero attached hydrogens (tertiary/aromatic N) is 3. The Bertz CT molecular complexity index is 310. The summed E-state index contributed by atoms with van der Waals surface area (Å²) in [4.78, 5) is 0. The number of aromatic nitrogens is 4. The summed E-state index contributed by atoms with van der Waals surface area (Å²) in [5.74, 6) is 2.37. The summed E-state index contributed by atoms with van der Waals surface area (Å²) < 4.78 is 0. The quantitative estimate of drug-likeness (QED) is 0.824. The molecule has 102 valence electrons. The highest BCUT2D eigenvalue weighted by Crippen LogP contribution is 2.27. The Hall–Kier alpha value is -0.930. The van der Waals surface area contributed by atoms with Gasteiger partial charge in [-0.25, -0.2) is 0 Å². The number of tetrazole rings is 1. The fourth-order valence-electron chi connectivity index (χ4n) is 3.01. The first-order valence-electron chi connectivity index (χ1n) is 7.59. The second-order valence-corrected chi connectivity index (χ2v) is 5.85. The molecular weight excluding hydrogens is 224 g/mol. The van der Waals surface area contributed by atoms with E-state index >= 15 is 0 Å². The van der Waals surface area contributed by atoms with Crippen LogP contribution >= 0.6 is 0 Å². The second kappa shape index (κ2) is 7.49. The molecule has 2 atom stereocenters. The number of H-pyrrole nitrogens is 1. The van der Waals surface area contributed by atoms with Gasteiger partial charge in [0.2, 0.25) is 0 Å². The van der Waals surface area contributed by atoms with Gasteiger partial charge >= 0.3 is 0 Å². The molecule has 2 unspecified atom stereocenters. The minimum atomic E-state index is 0.526. The molecule has 18 heavy (non-hydrogen) atoms. The molecule has 0 amide bonds. The first-order valence-corrected chi connectivity index (χ1v) is 7.59. The van der Waals surface area contributed by atoms with E-state index in [4.69, 9.17) is 0 Å². The van der Waals surface area contributed by atoms with E-state index in [2.05, 4.69) is 27.5 Å². The summed E-state index contributed by atoms with van der Waals surface area (Å²) in [7, 11) is 0. The highest BCUT2D eigenvalue weighted by atomic mass is 15.5. The van der Waals surface area contributed by atoms with Crippen LogP contribution in [0.15, 0.2) is 0 Å². The van der Waals surface area contributed by atoms with Crippen LogP contribution in [-0.2, 0) is 0 Å². The Labute approximate surface area is 110 Å². The van der Waals surface area contributed by atoms with E-state index in [9.17, 15) is 0 Å². The maximum absolute atomic E-state index is 4.18. The Morgan fingerprint density at radius 3 is 2.17 bits per heavy atom. The molecule has 1 aromatic rings. The molecule has 4 heteroatoms. The van der Waals surface area contributed by atoms with Crippen molar-refractivity contribution in [1.29, 1.82) is 0 Å². The summed E-state index contributed by atoms with van der Waals surface area (Å²) in [5, 5.41) is 14.6. The highest BCUT2D eigenvalue weighted by Gasteiger charge is 2.16. The molecule has 1 fully saturated rings. The van der Waals surface area contributed by atoms with E-state index in [0.717, 1.165) is 11.7 Å². The Balaban J connectivity index is 1.86. The molecule has 0 aromatic carbocycles. The zero-order chi connectivity index (χ0) is 12.6. The van der Waals surface area contributed by atoms with Gasteiger partial charge in [0.1, 0.15) is 0 Å². The molecule has 1 aromatic heterocycles. The molecule has 0 saturated heterocycles. The highest BCUT2D eigenvalue weighted by molar-refractivity contribution is 4.90. The fourth-order valence-corrected chi connectivity index (χ4v) is 3.01. The predicted octanol–water partition coefficient (Wildman–Crippen LogP) is 3.83. The molecular formula is C14H26N4. The maximum atomic E-state index is 4.18. The normalized spacial score (nSPS) is 28.3. The van der Waals surface area contributed by atoms with Crippen molar-refractivity contribution < 1.29 is 0 Å². The third-order valence-electron chi connectivity index (χ3n) is 4.23. The molecule has 0 radical (unpaired) electrons. The van der Waals surface area contributed by atoms with Crippen LogP contribution in [0.25, 0.3) is 0 Å². The number of aromatic amines is 1. The lowest BCUT2D eigenvalue weighted by Crippen LogP contribution is -2.04. The van der Waals surface area contributed by atoms with E-state index in [-0.39, 0.29) is 0 Å². The van der Waals surface area contributed by atoms with E-state index in [0.29, 0.717) is 5.92 Å². The molecule has 1 aliphatic rings. The lowest BCUT2D eigenvalue weighted by atomic mass is 9.90. The van der Waals surface area contributed by atoms with Crippen molar-refractivity contribution in [1.82, 2.24) is 20.6 Å². The van der Waals surface area contributed by atoms with Crippen LogP contribution in [-0.4, -0.2) is 20.6 Å². The van der Waals surface area contributed by atoms with Gasteiger partial charge in [-0.1, -0.05) is 63.5 Å². The standard InChI is InChI=1S/C14H26N4/c1-12-8-4-2-3-5-10-13(11-7-6-9-12)14-15-17-18-16-14/h12-13H,2-11H2,1H3,(H,15,16,17,18). The van der Waals surface area contributed by atoms with Gasteiger partial charge < -0.3 is 0 Å². The SMILES string of the molecule is CC1CCCCCCC(c2nn[nH]n2)CCCC1. The lowest BCUT2D eigenvalue weighted by molar-refractivity contribution is 0.402. The van der Waals surface area contributed by atoms with Gasteiger partial charge in [0, 0.05) is 5.92 Å². The third kappa shape index (κ3) is 4.39. The van der Waals surface area contributed by atoms with Crippen molar-refractivity contribution >= 4 is 0 Å². The van der Waals surface area contributed by atoms with Crippen molar-refractivity contribution in [2.24, 2.45) is 5.92 Å². The number of rotatable bonds is 1. The molecule has 1 N–H and O–H groups in total. The van der Waals surface area contributed by atoms with E-state index in [1.54, 1.807) is 0 Å². The average molecular weight is 250 g/mol. The van der Waals surface area contributed by atoms with E-state index in [1.165, 1.54) is 64.2 Å². The predicted molar refractivity (Wildman–Crippen MR) is 72.3 cm³/mol. The zero-order valence-electron chi connectivity index (χ0n) is 11.6. The Kier molecular flexibility index (Phi) is 5.62. The van der Waals surface area contributed by atoms with E-state index < -0.39 is 0 Å². The van der Waals surface area contributed by atoms with Gasteiger partial charge in [-0.2, -0.15) is 5.21 Å². The molecule has 1 saturated carbocycles. The van der Waals surface area contributed by atoms with Gasteiger partial charge in [0.15, 0.2) is 5.82 Å². The zero-order valence-corrected chi connectivity index (χ0v) is 11.6.